The van der Waals surface area contributed by atoms with E-state index in [4.69, 9.17) is 17.0 Å². The maximum atomic E-state index is 11.2. The van der Waals surface area contributed by atoms with Crippen molar-refractivity contribution in [2.45, 2.75) is 37.8 Å². The Hall–Kier alpha value is -1.28. The minimum absolute atomic E-state index is 0.296. The molecule has 0 bridgehead atoms. The molecular weight excluding hydrogens is 423 g/mol. The van der Waals surface area contributed by atoms with Crippen molar-refractivity contribution in [1.82, 2.24) is 10.3 Å². The van der Waals surface area contributed by atoms with Crippen molar-refractivity contribution in [3.8, 4) is 5.75 Å². The smallest absolute Gasteiger partial charge is 0.146 e. The normalized spacial score (nSPS) is 17.1. The Labute approximate surface area is 154 Å². The number of carbonyl (C=O) groups excluding carboxylic acids is 1. The van der Waals surface area contributed by atoms with Crippen LogP contribution >= 0.6 is 34.8 Å². The van der Waals surface area contributed by atoms with Crippen molar-refractivity contribution < 1.29 is 9.53 Å². The highest BCUT2D eigenvalue weighted by molar-refractivity contribution is 14.1. The lowest BCUT2D eigenvalue weighted by atomic mass is 9.78. The minimum Gasteiger partial charge on any atom is -0.484 e. The zero-order valence-electron chi connectivity index (χ0n) is 12.7. The number of aromatic nitrogens is 1. The number of nitrogens with zero attached hydrogens (tertiary/aromatic N) is 1. The quantitative estimate of drug-likeness (QED) is 0.437. The van der Waals surface area contributed by atoms with Crippen LogP contribution in [0.15, 0.2) is 30.5 Å². The lowest BCUT2D eigenvalue weighted by Gasteiger charge is -2.39. The number of fused-ring (bicyclic) bond motifs is 1. The van der Waals surface area contributed by atoms with Gasteiger partial charge in [-0.15, -0.1) is 0 Å². The largest absolute Gasteiger partial charge is 0.484 e. The molecule has 4 nitrogen and oxygen atoms in total. The number of ether oxygens (including phenoxy) is 1. The van der Waals surface area contributed by atoms with Gasteiger partial charge >= 0.3 is 0 Å². The maximum absolute atomic E-state index is 11.2. The molecule has 3 rings (SSSR count). The Morgan fingerprint density at radius 1 is 1.48 bits per heavy atom. The first-order valence-corrected chi connectivity index (χ1v) is 9.00. The second-order valence-corrected chi connectivity index (χ2v) is 7.57. The van der Waals surface area contributed by atoms with E-state index in [0.29, 0.717) is 4.99 Å². The van der Waals surface area contributed by atoms with Gasteiger partial charge in [0.15, 0.2) is 0 Å². The van der Waals surface area contributed by atoms with E-state index in [9.17, 15) is 4.79 Å². The molecule has 120 valence electrons. The van der Waals surface area contributed by atoms with Gasteiger partial charge < -0.3 is 14.8 Å². The third-order valence-corrected chi connectivity index (χ3v) is 5.17. The second kappa shape index (κ2) is 6.68. The first kappa shape index (κ1) is 16.6. The number of halogens is 1. The monoisotopic (exact) mass is 440 g/mol. The van der Waals surface area contributed by atoms with Crippen LogP contribution in [0, 0.1) is 3.57 Å². The molecule has 1 fully saturated rings. The zero-order valence-corrected chi connectivity index (χ0v) is 15.7. The summed E-state index contributed by atoms with van der Waals surface area (Å²) in [6, 6.07) is 7.85. The highest BCUT2D eigenvalue weighted by Gasteiger charge is 2.38. The summed E-state index contributed by atoms with van der Waals surface area (Å²) in [4.78, 5) is 16.2. The van der Waals surface area contributed by atoms with Gasteiger partial charge in [-0.05, 0) is 73.0 Å². The fourth-order valence-corrected chi connectivity index (χ4v) is 3.32. The van der Waals surface area contributed by atoms with Crippen LogP contribution in [-0.4, -0.2) is 27.9 Å². The Morgan fingerprint density at radius 3 is 2.91 bits per heavy atom. The molecule has 0 saturated heterocycles. The van der Waals surface area contributed by atoms with E-state index in [1.807, 2.05) is 31.3 Å². The summed E-state index contributed by atoms with van der Waals surface area (Å²) in [6.07, 6.45) is 5.24. The van der Waals surface area contributed by atoms with Crippen LogP contribution in [0.5, 0.6) is 5.75 Å². The predicted molar refractivity (Wildman–Crippen MR) is 103 cm³/mol. The fourth-order valence-electron chi connectivity index (χ4n) is 2.59. The third-order valence-electron chi connectivity index (χ3n) is 4.14. The molecular formula is C17H17IN2O2S. The summed E-state index contributed by atoms with van der Waals surface area (Å²) in [7, 11) is 0. The maximum Gasteiger partial charge on any atom is 0.146 e. The standard InChI is InChI=1S/C17H17IN2O2S/c1-11(16(23)20-17(10-21)5-2-6-17)22-14-3-4-15-12(8-14)7-13(18)9-19-15/h3-4,7-11H,2,5-6H2,1H3,(H,20,23). The van der Waals surface area contributed by atoms with Crippen LogP contribution < -0.4 is 10.1 Å². The lowest BCUT2D eigenvalue weighted by molar-refractivity contribution is -0.115. The first-order valence-electron chi connectivity index (χ1n) is 7.52. The lowest BCUT2D eigenvalue weighted by Crippen LogP contribution is -2.56. The number of hydrogen-bond acceptors (Lipinski definition) is 4. The summed E-state index contributed by atoms with van der Waals surface area (Å²) >= 11 is 7.64. The molecule has 1 aromatic heterocycles. The molecule has 1 aromatic carbocycles. The number of benzene rings is 1. The summed E-state index contributed by atoms with van der Waals surface area (Å²) < 4.78 is 7.01. The minimum atomic E-state index is -0.474. The highest BCUT2D eigenvalue weighted by Crippen LogP contribution is 2.30. The van der Waals surface area contributed by atoms with Gasteiger partial charge in [-0.3, -0.25) is 4.98 Å². The van der Waals surface area contributed by atoms with Crippen molar-refractivity contribution in [3.05, 3.63) is 34.0 Å². The summed E-state index contributed by atoms with van der Waals surface area (Å²) in [5, 5.41) is 4.20. The number of thiocarbonyl (C=S) groups is 1. The van der Waals surface area contributed by atoms with Gasteiger partial charge in [0.05, 0.1) is 11.1 Å². The molecule has 6 heteroatoms. The molecule has 1 N–H and O–H groups in total. The number of hydrogen-bond donors (Lipinski definition) is 1. The number of carbonyl (C=O) groups is 1. The Morgan fingerprint density at radius 2 is 2.26 bits per heavy atom. The van der Waals surface area contributed by atoms with Gasteiger partial charge in [-0.1, -0.05) is 12.2 Å². The van der Waals surface area contributed by atoms with Crippen LogP contribution in [-0.2, 0) is 4.79 Å². The Bertz CT molecular complexity index is 761. The molecule has 23 heavy (non-hydrogen) atoms. The Kier molecular flexibility index (Phi) is 4.82. The average molecular weight is 440 g/mol. The molecule has 0 radical (unpaired) electrons. The van der Waals surface area contributed by atoms with Crippen molar-refractivity contribution in [3.63, 3.8) is 0 Å². The van der Waals surface area contributed by atoms with Crippen LogP contribution in [0.2, 0.25) is 0 Å². The van der Waals surface area contributed by atoms with Crippen molar-refractivity contribution >= 4 is 57.0 Å². The molecule has 1 saturated carbocycles. The molecule has 0 amide bonds. The van der Waals surface area contributed by atoms with E-state index in [1.165, 1.54) is 0 Å². The molecule has 2 aromatic rings. The molecule has 0 spiro atoms. The average Bonchev–Trinajstić information content (AvgIpc) is 2.50. The van der Waals surface area contributed by atoms with Crippen molar-refractivity contribution in [2.75, 3.05) is 0 Å². The van der Waals surface area contributed by atoms with Gasteiger partial charge in [0.2, 0.25) is 0 Å². The molecule has 1 heterocycles. The number of pyridine rings is 1. The van der Waals surface area contributed by atoms with Crippen LogP contribution in [0.25, 0.3) is 10.9 Å². The van der Waals surface area contributed by atoms with Crippen molar-refractivity contribution in [1.29, 1.82) is 0 Å². The van der Waals surface area contributed by atoms with Gasteiger partial charge in [-0.2, -0.15) is 0 Å². The third kappa shape index (κ3) is 3.63. The van der Waals surface area contributed by atoms with E-state index in [1.54, 1.807) is 0 Å². The molecule has 0 aliphatic heterocycles. The number of nitrogens with one attached hydrogen (secondary N) is 1. The summed E-state index contributed by atoms with van der Waals surface area (Å²) in [5.74, 6) is 0.742. The van der Waals surface area contributed by atoms with E-state index in [-0.39, 0.29) is 6.10 Å². The second-order valence-electron chi connectivity index (χ2n) is 5.88. The molecule has 1 atom stereocenters. The van der Waals surface area contributed by atoms with E-state index < -0.39 is 5.54 Å². The van der Waals surface area contributed by atoms with Crippen molar-refractivity contribution in [2.24, 2.45) is 0 Å². The topological polar surface area (TPSA) is 51.2 Å². The van der Waals surface area contributed by atoms with E-state index in [0.717, 1.165) is 45.8 Å². The number of rotatable bonds is 5. The van der Waals surface area contributed by atoms with Gasteiger partial charge in [0.1, 0.15) is 23.1 Å². The molecule has 1 unspecified atom stereocenters. The van der Waals surface area contributed by atoms with E-state index >= 15 is 0 Å². The predicted octanol–water partition coefficient (Wildman–Crippen LogP) is 3.65. The van der Waals surface area contributed by atoms with Crippen LogP contribution in [0.4, 0.5) is 0 Å². The molecule has 1 aliphatic carbocycles. The first-order chi connectivity index (χ1) is 11.0. The number of aldehydes is 1. The van der Waals surface area contributed by atoms with Crippen LogP contribution in [0.1, 0.15) is 26.2 Å². The van der Waals surface area contributed by atoms with Gasteiger partial charge in [0, 0.05) is 15.2 Å². The SMILES string of the molecule is CC(Oc1ccc2ncc(I)cc2c1)C(=S)NC1(C=O)CCC1. The Balaban J connectivity index is 1.70. The highest BCUT2D eigenvalue weighted by atomic mass is 127. The fraction of sp³-hybridized carbons (Fsp3) is 0.353. The van der Waals surface area contributed by atoms with Gasteiger partial charge in [-0.25, -0.2) is 0 Å². The van der Waals surface area contributed by atoms with Crippen LogP contribution in [0.3, 0.4) is 0 Å². The molecule has 1 aliphatic rings. The van der Waals surface area contributed by atoms with Gasteiger partial charge in [0.25, 0.3) is 0 Å². The summed E-state index contributed by atoms with van der Waals surface area (Å²) in [5.41, 5.74) is 0.457. The zero-order chi connectivity index (χ0) is 16.4. The summed E-state index contributed by atoms with van der Waals surface area (Å²) in [6.45, 7) is 1.89. The van der Waals surface area contributed by atoms with E-state index in [2.05, 4.69) is 39.0 Å².